The number of hydrogen-bond donors (Lipinski definition) is 0. The molecule has 3 aromatic rings. The maximum Gasteiger partial charge on any atom is 0.271 e. The van der Waals surface area contributed by atoms with Crippen molar-refractivity contribution in [2.24, 2.45) is 11.8 Å². The summed E-state index contributed by atoms with van der Waals surface area (Å²) in [7, 11) is 0. The number of rotatable bonds is 4. The van der Waals surface area contributed by atoms with Crippen LogP contribution in [0.25, 0.3) is 6.08 Å². The molecule has 3 aliphatic heterocycles. The third kappa shape index (κ3) is 3.11. The van der Waals surface area contributed by atoms with E-state index in [1.54, 1.807) is 36.5 Å². The van der Waals surface area contributed by atoms with Crippen LogP contribution in [0.2, 0.25) is 5.02 Å². The number of benzene rings is 3. The van der Waals surface area contributed by atoms with Crippen LogP contribution in [0, 0.1) is 22.0 Å². The van der Waals surface area contributed by atoms with Crippen LogP contribution in [0.3, 0.4) is 0 Å². The predicted molar refractivity (Wildman–Crippen MR) is 132 cm³/mol. The molecule has 0 saturated carbocycles. The summed E-state index contributed by atoms with van der Waals surface area (Å²) in [4.78, 5) is 55.1. The van der Waals surface area contributed by atoms with Crippen LogP contribution >= 0.6 is 11.6 Å². The van der Waals surface area contributed by atoms with E-state index in [2.05, 4.69) is 0 Å². The first-order valence-electron chi connectivity index (χ1n) is 11.3. The van der Waals surface area contributed by atoms with Gasteiger partial charge in [-0.05, 0) is 23.3 Å². The number of ketones is 1. The van der Waals surface area contributed by atoms with Crippen LogP contribution in [0.15, 0.2) is 79.0 Å². The van der Waals surface area contributed by atoms with Crippen LogP contribution in [-0.2, 0) is 9.59 Å². The molecule has 3 aliphatic rings. The topological polar surface area (TPSA) is 101 Å². The van der Waals surface area contributed by atoms with Crippen molar-refractivity contribution < 1.29 is 19.3 Å². The monoisotopic (exact) mass is 499 g/mol. The van der Waals surface area contributed by atoms with E-state index in [0.717, 1.165) is 22.1 Å². The molecule has 9 heteroatoms. The Morgan fingerprint density at radius 1 is 0.917 bits per heavy atom. The Morgan fingerprint density at radius 3 is 2.36 bits per heavy atom. The van der Waals surface area contributed by atoms with Crippen molar-refractivity contribution in [1.82, 2.24) is 4.90 Å². The highest BCUT2D eigenvalue weighted by molar-refractivity contribution is 6.36. The lowest BCUT2D eigenvalue weighted by Crippen LogP contribution is -2.44. The number of nitro groups is 1. The van der Waals surface area contributed by atoms with Crippen LogP contribution in [-0.4, -0.2) is 33.5 Å². The minimum absolute atomic E-state index is 0.0361. The third-order valence-electron chi connectivity index (χ3n) is 7.17. The molecule has 0 N–H and O–H groups in total. The van der Waals surface area contributed by atoms with Gasteiger partial charge in [0.2, 0.25) is 11.8 Å². The van der Waals surface area contributed by atoms with E-state index in [0.29, 0.717) is 5.56 Å². The summed E-state index contributed by atoms with van der Waals surface area (Å²) in [5.41, 5.74) is 1.83. The first-order valence-corrected chi connectivity index (χ1v) is 11.7. The number of amides is 2. The summed E-state index contributed by atoms with van der Waals surface area (Å²) >= 11 is 6.32. The van der Waals surface area contributed by atoms with Gasteiger partial charge in [0.05, 0.1) is 33.5 Å². The van der Waals surface area contributed by atoms with Gasteiger partial charge in [-0.25, -0.2) is 4.90 Å². The van der Waals surface area contributed by atoms with Crippen LogP contribution in [0.1, 0.15) is 27.5 Å². The maximum atomic E-state index is 13.9. The van der Waals surface area contributed by atoms with Gasteiger partial charge in [-0.3, -0.25) is 24.5 Å². The van der Waals surface area contributed by atoms with E-state index in [9.17, 15) is 24.5 Å². The van der Waals surface area contributed by atoms with Gasteiger partial charge < -0.3 is 4.90 Å². The number of hydrogen-bond acceptors (Lipinski definition) is 6. The lowest BCUT2D eigenvalue weighted by Gasteiger charge is -2.35. The van der Waals surface area contributed by atoms with Crippen molar-refractivity contribution in [3.8, 4) is 0 Å². The van der Waals surface area contributed by atoms with Gasteiger partial charge in [-0.2, -0.15) is 0 Å². The third-order valence-corrected chi connectivity index (χ3v) is 7.49. The van der Waals surface area contributed by atoms with E-state index in [1.807, 2.05) is 35.2 Å². The molecule has 3 heterocycles. The molecule has 8 nitrogen and oxygen atoms in total. The number of imide groups is 1. The van der Waals surface area contributed by atoms with Crippen molar-refractivity contribution in [3.63, 3.8) is 0 Å². The number of nitro benzene ring substituents is 1. The zero-order valence-electron chi connectivity index (χ0n) is 18.7. The zero-order chi connectivity index (χ0) is 25.1. The molecule has 36 heavy (non-hydrogen) atoms. The minimum Gasteiger partial charge on any atom is -0.358 e. The lowest BCUT2D eigenvalue weighted by atomic mass is 9.83. The standard InChI is InChI=1S/C27H18ClN3O5/c28-19-11-10-17(31(35)36)14-20(19)30-26(33)21-22(27(30)34)24(25(32)16-7-2-1-3-8-16)29-13-12-15-6-4-5-9-18(15)23(21)29/h1-14,21-24H/t21-,22-,23+,24+/m1/s1. The molecule has 2 amide bonds. The number of halogens is 1. The van der Waals surface area contributed by atoms with Gasteiger partial charge >= 0.3 is 0 Å². The Kier molecular flexibility index (Phi) is 5.01. The highest BCUT2D eigenvalue weighted by atomic mass is 35.5. The largest absolute Gasteiger partial charge is 0.358 e. The van der Waals surface area contributed by atoms with Gasteiger partial charge in [0.15, 0.2) is 5.78 Å². The smallest absolute Gasteiger partial charge is 0.271 e. The minimum atomic E-state index is -0.985. The van der Waals surface area contributed by atoms with Gasteiger partial charge in [0.1, 0.15) is 6.04 Å². The first kappa shape index (κ1) is 22.2. The van der Waals surface area contributed by atoms with Crippen molar-refractivity contribution in [1.29, 1.82) is 0 Å². The average Bonchev–Trinajstić information content (AvgIpc) is 3.37. The zero-order valence-corrected chi connectivity index (χ0v) is 19.4. The molecular formula is C27H18ClN3O5. The van der Waals surface area contributed by atoms with Gasteiger partial charge in [-0.15, -0.1) is 0 Å². The van der Waals surface area contributed by atoms with Crippen LogP contribution in [0.4, 0.5) is 11.4 Å². The summed E-state index contributed by atoms with van der Waals surface area (Å²) in [6.45, 7) is 0. The van der Waals surface area contributed by atoms with Crippen molar-refractivity contribution >= 4 is 46.6 Å². The molecule has 2 fully saturated rings. The first-order chi connectivity index (χ1) is 17.4. The summed E-state index contributed by atoms with van der Waals surface area (Å²) in [6, 6.07) is 18.4. The molecule has 0 unspecified atom stereocenters. The second kappa shape index (κ2) is 8.13. The highest BCUT2D eigenvalue weighted by Crippen LogP contribution is 2.54. The Bertz CT molecular complexity index is 1490. The van der Waals surface area contributed by atoms with Gasteiger partial charge in [-0.1, -0.05) is 66.2 Å². The molecule has 2 saturated heterocycles. The van der Waals surface area contributed by atoms with E-state index in [-0.39, 0.29) is 22.2 Å². The fourth-order valence-corrected chi connectivity index (χ4v) is 5.86. The predicted octanol–water partition coefficient (Wildman–Crippen LogP) is 4.65. The van der Waals surface area contributed by atoms with Crippen LogP contribution in [0.5, 0.6) is 0 Å². The molecule has 0 radical (unpaired) electrons. The fraction of sp³-hybridized carbons (Fsp3) is 0.148. The molecule has 178 valence electrons. The van der Waals surface area contributed by atoms with Crippen molar-refractivity contribution in [2.45, 2.75) is 12.1 Å². The Morgan fingerprint density at radius 2 is 1.61 bits per heavy atom. The van der Waals surface area contributed by atoms with Gasteiger partial charge in [0, 0.05) is 23.9 Å². The molecule has 3 aromatic carbocycles. The SMILES string of the molecule is O=C(c1ccccc1)[C@@H]1[C@@H]2C(=O)N(c3cc([N+](=O)[O-])ccc3Cl)C(=O)[C@H]2[C@@H]2c3ccccc3C=CN12. The number of nitrogens with zero attached hydrogens (tertiary/aromatic N) is 3. The van der Waals surface area contributed by atoms with Crippen LogP contribution < -0.4 is 4.90 Å². The number of Topliss-reactive ketones (excluding diaryl/α,β-unsaturated/α-hetero) is 1. The van der Waals surface area contributed by atoms with Gasteiger partial charge in [0.25, 0.3) is 5.69 Å². The molecular weight excluding hydrogens is 482 g/mol. The fourth-order valence-electron chi connectivity index (χ4n) is 5.65. The summed E-state index contributed by atoms with van der Waals surface area (Å²) < 4.78 is 0. The number of carbonyl (C=O) groups excluding carboxylic acids is 3. The quantitative estimate of drug-likeness (QED) is 0.224. The van der Waals surface area contributed by atoms with E-state index in [4.69, 9.17) is 11.6 Å². The molecule has 0 spiro atoms. The molecule has 0 aliphatic carbocycles. The normalized spacial score (nSPS) is 23.9. The molecule has 6 rings (SSSR count). The summed E-state index contributed by atoms with van der Waals surface area (Å²) in [5.74, 6) is -3.25. The Balaban J connectivity index is 1.51. The van der Waals surface area contributed by atoms with Crippen molar-refractivity contribution in [2.75, 3.05) is 4.90 Å². The molecule has 0 bridgehead atoms. The highest BCUT2D eigenvalue weighted by Gasteiger charge is 2.64. The van der Waals surface area contributed by atoms with E-state index < -0.39 is 40.7 Å². The summed E-state index contributed by atoms with van der Waals surface area (Å²) in [6.07, 6.45) is 3.66. The number of carbonyl (C=O) groups is 3. The second-order valence-corrected chi connectivity index (χ2v) is 9.38. The van der Waals surface area contributed by atoms with E-state index in [1.165, 1.54) is 12.1 Å². The number of non-ortho nitro benzene ring substituents is 1. The van der Waals surface area contributed by atoms with E-state index >= 15 is 0 Å². The Hall–Kier alpha value is -4.30. The summed E-state index contributed by atoms with van der Waals surface area (Å²) in [5, 5.41) is 11.4. The average molecular weight is 500 g/mol. The number of anilines is 1. The maximum absolute atomic E-state index is 13.9. The number of fused-ring (bicyclic) bond motifs is 5. The van der Waals surface area contributed by atoms with Crippen molar-refractivity contribution in [3.05, 3.63) is 111 Å². The lowest BCUT2D eigenvalue weighted by molar-refractivity contribution is -0.384. The second-order valence-electron chi connectivity index (χ2n) is 8.97. The Labute approximate surface area is 210 Å². The molecule has 4 atom stereocenters. The molecule has 0 aromatic heterocycles.